The molecule has 112 valence electrons. The first-order valence-corrected chi connectivity index (χ1v) is 8.36. The van der Waals surface area contributed by atoms with E-state index in [4.69, 9.17) is 5.73 Å². The van der Waals surface area contributed by atoms with Crippen molar-refractivity contribution >= 4 is 23.3 Å². The van der Waals surface area contributed by atoms with Crippen LogP contribution in [0.1, 0.15) is 52.9 Å². The molecule has 4 N–H and O–H groups in total. The molecule has 20 heavy (non-hydrogen) atoms. The minimum absolute atomic E-state index is 0.0957. The lowest BCUT2D eigenvalue weighted by Gasteiger charge is -2.25. The van der Waals surface area contributed by atoms with E-state index >= 15 is 0 Å². The van der Waals surface area contributed by atoms with Gasteiger partial charge in [0.2, 0.25) is 0 Å². The van der Waals surface area contributed by atoms with E-state index in [0.717, 1.165) is 16.3 Å². The molecule has 0 amide bonds. The zero-order chi connectivity index (χ0) is 14.6. The Balaban J connectivity index is 1.94. The zero-order valence-corrected chi connectivity index (χ0v) is 13.6. The molecule has 2 rings (SSSR count). The second kappa shape index (κ2) is 6.72. The third-order valence-electron chi connectivity index (χ3n) is 3.46. The van der Waals surface area contributed by atoms with Crippen molar-refractivity contribution in [3.8, 4) is 0 Å². The summed E-state index contributed by atoms with van der Waals surface area (Å²) in [5.41, 5.74) is 8.19. The fraction of sp³-hybridized carbons (Fsp3) is 0.625. The predicted molar refractivity (Wildman–Crippen MR) is 90.1 cm³/mol. The summed E-state index contributed by atoms with van der Waals surface area (Å²) in [4.78, 5) is 1.16. The number of benzene rings is 1. The first-order chi connectivity index (χ1) is 9.44. The summed E-state index contributed by atoms with van der Waals surface area (Å²) in [6.07, 6.45) is 6.58. The Kier molecular flexibility index (Phi) is 5.22. The first kappa shape index (κ1) is 15.5. The second-order valence-corrected chi connectivity index (χ2v) is 7.56. The van der Waals surface area contributed by atoms with Crippen LogP contribution in [0, 0.1) is 0 Å². The fourth-order valence-corrected chi connectivity index (χ4v) is 3.16. The molecule has 1 fully saturated rings. The number of rotatable bonds is 4. The van der Waals surface area contributed by atoms with E-state index in [1.54, 1.807) is 11.9 Å². The van der Waals surface area contributed by atoms with Gasteiger partial charge < -0.3 is 11.1 Å². The molecule has 0 unspecified atom stereocenters. The Morgan fingerprint density at radius 3 is 2.45 bits per heavy atom. The van der Waals surface area contributed by atoms with E-state index in [1.165, 1.54) is 32.1 Å². The number of hydrogen-bond donors (Lipinski definition) is 3. The minimum Gasteiger partial charge on any atom is -0.397 e. The Morgan fingerprint density at radius 1 is 1.15 bits per heavy atom. The van der Waals surface area contributed by atoms with Crippen LogP contribution in [-0.4, -0.2) is 11.6 Å². The first-order valence-electron chi connectivity index (χ1n) is 7.54. The van der Waals surface area contributed by atoms with Crippen LogP contribution in [0.2, 0.25) is 0 Å². The highest BCUT2D eigenvalue weighted by molar-refractivity contribution is 7.97. The highest BCUT2D eigenvalue weighted by Crippen LogP contribution is 2.29. The second-order valence-electron chi connectivity index (χ2n) is 6.68. The van der Waals surface area contributed by atoms with Crippen LogP contribution in [0.15, 0.2) is 23.1 Å². The van der Waals surface area contributed by atoms with Gasteiger partial charge in [-0.2, -0.15) is 0 Å². The molecule has 4 heteroatoms. The fourth-order valence-electron chi connectivity index (χ4n) is 2.41. The van der Waals surface area contributed by atoms with Crippen LogP contribution >= 0.6 is 11.9 Å². The molecule has 0 saturated heterocycles. The molecule has 0 radical (unpaired) electrons. The predicted octanol–water partition coefficient (Wildman–Crippen LogP) is 4.41. The highest BCUT2D eigenvalue weighted by Gasteiger charge is 2.14. The van der Waals surface area contributed by atoms with Crippen LogP contribution in [0.25, 0.3) is 0 Å². The van der Waals surface area contributed by atoms with Gasteiger partial charge in [0.15, 0.2) is 0 Å². The van der Waals surface area contributed by atoms with E-state index in [1.807, 2.05) is 0 Å². The van der Waals surface area contributed by atoms with Crippen molar-refractivity contribution in [3.63, 3.8) is 0 Å². The van der Waals surface area contributed by atoms with Crippen LogP contribution in [0.5, 0.6) is 0 Å². The lowest BCUT2D eigenvalue weighted by atomic mass is 9.95. The monoisotopic (exact) mass is 293 g/mol. The van der Waals surface area contributed by atoms with Gasteiger partial charge in [0.1, 0.15) is 0 Å². The molecule has 0 spiro atoms. The number of nitrogens with one attached hydrogen (secondary N) is 2. The molecular weight excluding hydrogens is 266 g/mol. The average Bonchev–Trinajstić information content (AvgIpc) is 2.40. The number of nitrogen functional groups attached to an aromatic ring is 1. The van der Waals surface area contributed by atoms with E-state index < -0.39 is 0 Å². The van der Waals surface area contributed by atoms with Crippen molar-refractivity contribution in [2.75, 3.05) is 11.1 Å². The van der Waals surface area contributed by atoms with E-state index in [2.05, 4.69) is 49.0 Å². The van der Waals surface area contributed by atoms with Gasteiger partial charge in [0.25, 0.3) is 0 Å². The standard InChI is InChI=1S/C16H27N3S/c1-16(2,3)19-20-13-9-10-15(14(17)11-13)18-12-7-5-4-6-8-12/h9-12,18-19H,4-8,17H2,1-3H3. The van der Waals surface area contributed by atoms with Crippen molar-refractivity contribution in [1.29, 1.82) is 0 Å². The van der Waals surface area contributed by atoms with Gasteiger partial charge in [-0.3, -0.25) is 4.72 Å². The summed E-state index contributed by atoms with van der Waals surface area (Å²) in [5, 5.41) is 3.59. The van der Waals surface area contributed by atoms with Gasteiger partial charge in [0.05, 0.1) is 11.4 Å². The van der Waals surface area contributed by atoms with Gasteiger partial charge in [0, 0.05) is 16.5 Å². The van der Waals surface area contributed by atoms with Gasteiger partial charge in [-0.05, 0) is 63.8 Å². The van der Waals surface area contributed by atoms with Crippen LogP contribution in [0.3, 0.4) is 0 Å². The summed E-state index contributed by atoms with van der Waals surface area (Å²) in [6.45, 7) is 6.47. The van der Waals surface area contributed by atoms with Crippen molar-refractivity contribution in [3.05, 3.63) is 18.2 Å². The van der Waals surface area contributed by atoms with Crippen molar-refractivity contribution in [1.82, 2.24) is 4.72 Å². The molecule has 3 nitrogen and oxygen atoms in total. The van der Waals surface area contributed by atoms with Gasteiger partial charge in [-0.25, -0.2) is 0 Å². The average molecular weight is 293 g/mol. The molecule has 0 bridgehead atoms. The van der Waals surface area contributed by atoms with Gasteiger partial charge in [-0.15, -0.1) is 0 Å². The van der Waals surface area contributed by atoms with Gasteiger partial charge >= 0.3 is 0 Å². The van der Waals surface area contributed by atoms with Crippen molar-refractivity contribution in [2.24, 2.45) is 0 Å². The number of anilines is 2. The normalized spacial score (nSPS) is 17.1. The Morgan fingerprint density at radius 2 is 1.85 bits per heavy atom. The number of hydrogen-bond acceptors (Lipinski definition) is 4. The Labute approximate surface area is 127 Å². The maximum absolute atomic E-state index is 6.17. The van der Waals surface area contributed by atoms with Crippen molar-refractivity contribution < 1.29 is 0 Å². The number of nitrogens with two attached hydrogens (primary N) is 1. The minimum atomic E-state index is 0.0957. The molecule has 1 aromatic carbocycles. The lowest BCUT2D eigenvalue weighted by molar-refractivity contribution is 0.463. The molecule has 1 aromatic rings. The summed E-state index contributed by atoms with van der Waals surface area (Å²) in [5.74, 6) is 0. The highest BCUT2D eigenvalue weighted by atomic mass is 32.2. The SMILES string of the molecule is CC(C)(C)NSc1ccc(NC2CCCCC2)c(N)c1. The Hall–Kier alpha value is -0.870. The molecule has 1 saturated carbocycles. The van der Waals surface area contributed by atoms with Crippen LogP contribution in [0.4, 0.5) is 11.4 Å². The Bertz CT molecular complexity index is 434. The zero-order valence-electron chi connectivity index (χ0n) is 12.8. The quantitative estimate of drug-likeness (QED) is 0.568. The molecular formula is C16H27N3S. The maximum atomic E-state index is 6.17. The largest absolute Gasteiger partial charge is 0.397 e. The molecule has 0 aromatic heterocycles. The van der Waals surface area contributed by atoms with Crippen molar-refractivity contribution in [2.45, 2.75) is 69.4 Å². The lowest BCUT2D eigenvalue weighted by Crippen LogP contribution is -2.29. The summed E-state index contributed by atoms with van der Waals surface area (Å²) < 4.78 is 3.41. The molecule has 1 aliphatic carbocycles. The summed E-state index contributed by atoms with van der Waals surface area (Å²) in [6, 6.07) is 6.88. The topological polar surface area (TPSA) is 50.1 Å². The third kappa shape index (κ3) is 4.91. The van der Waals surface area contributed by atoms with E-state index in [-0.39, 0.29) is 5.54 Å². The molecule has 0 aliphatic heterocycles. The summed E-state index contributed by atoms with van der Waals surface area (Å²) in [7, 11) is 0. The molecule has 0 atom stereocenters. The smallest absolute Gasteiger partial charge is 0.0576 e. The third-order valence-corrected chi connectivity index (χ3v) is 4.67. The molecule has 0 heterocycles. The van der Waals surface area contributed by atoms with Crippen LogP contribution in [-0.2, 0) is 0 Å². The van der Waals surface area contributed by atoms with Gasteiger partial charge in [-0.1, -0.05) is 19.3 Å². The van der Waals surface area contributed by atoms with Crippen LogP contribution < -0.4 is 15.8 Å². The summed E-state index contributed by atoms with van der Waals surface area (Å²) >= 11 is 1.64. The molecule has 1 aliphatic rings. The van der Waals surface area contributed by atoms with E-state index in [9.17, 15) is 0 Å². The maximum Gasteiger partial charge on any atom is 0.0576 e. The van der Waals surface area contributed by atoms with E-state index in [0.29, 0.717) is 6.04 Å².